The molecule has 0 aromatic carbocycles. The van der Waals surface area contributed by atoms with E-state index in [0.29, 0.717) is 0 Å². The van der Waals surface area contributed by atoms with Crippen LogP contribution in [0.3, 0.4) is 0 Å². The van der Waals surface area contributed by atoms with Gasteiger partial charge < -0.3 is 9.84 Å². The van der Waals surface area contributed by atoms with Gasteiger partial charge >= 0.3 is 5.97 Å². The molecule has 1 aliphatic rings. The van der Waals surface area contributed by atoms with E-state index in [1.54, 1.807) is 0 Å². The fourth-order valence-electron chi connectivity index (χ4n) is 1.25. The second kappa shape index (κ2) is 5.60. The molecule has 0 bridgehead atoms. The Morgan fingerprint density at radius 2 is 2.19 bits per heavy atom. The van der Waals surface area contributed by atoms with Crippen molar-refractivity contribution in [3.8, 4) is 0 Å². The Balaban J connectivity index is 2.25. The minimum atomic E-state index is -3.50. The number of sulfonamides is 1. The van der Waals surface area contributed by atoms with Crippen molar-refractivity contribution in [2.45, 2.75) is 25.4 Å². The monoisotopic (exact) mass is 251 g/mol. The molecule has 2 N–H and O–H groups in total. The normalized spacial score (nSPS) is 18.1. The Morgan fingerprint density at radius 3 is 2.69 bits per heavy atom. The van der Waals surface area contributed by atoms with Crippen molar-refractivity contribution in [1.82, 2.24) is 4.72 Å². The molecular formula is C9H17NO5S. The first-order valence-corrected chi connectivity index (χ1v) is 6.82. The van der Waals surface area contributed by atoms with Crippen LogP contribution in [0.4, 0.5) is 0 Å². The zero-order valence-electron chi connectivity index (χ0n) is 9.18. The van der Waals surface area contributed by atoms with Crippen molar-refractivity contribution >= 4 is 16.0 Å². The molecule has 0 aromatic rings. The van der Waals surface area contributed by atoms with Gasteiger partial charge in [0.25, 0.3) is 0 Å². The fourth-order valence-corrected chi connectivity index (χ4v) is 2.26. The molecule has 0 spiro atoms. The molecule has 0 saturated heterocycles. The summed E-state index contributed by atoms with van der Waals surface area (Å²) in [5.41, 5.74) is 0. The number of carbonyl (C=O) groups is 1. The predicted molar refractivity (Wildman–Crippen MR) is 57.2 cm³/mol. The highest BCUT2D eigenvalue weighted by Crippen LogP contribution is 2.32. The molecule has 1 fully saturated rings. The smallest absolute Gasteiger partial charge is 0.306 e. The molecule has 1 saturated carbocycles. The Kier molecular flexibility index (Phi) is 4.69. The number of aliphatic hydroxyl groups is 1. The molecule has 1 unspecified atom stereocenters. The van der Waals surface area contributed by atoms with E-state index in [4.69, 9.17) is 0 Å². The van der Waals surface area contributed by atoms with Crippen LogP contribution in [-0.2, 0) is 19.6 Å². The summed E-state index contributed by atoms with van der Waals surface area (Å²) in [6.07, 6.45) is 1.11. The highest BCUT2D eigenvalue weighted by Gasteiger charge is 2.30. The molecule has 1 aliphatic carbocycles. The lowest BCUT2D eigenvalue weighted by Gasteiger charge is -2.10. The summed E-state index contributed by atoms with van der Waals surface area (Å²) in [6.45, 7) is 0.0220. The lowest BCUT2D eigenvalue weighted by atomic mass is 10.2. The first kappa shape index (κ1) is 13.4. The van der Waals surface area contributed by atoms with Crippen LogP contribution in [0.1, 0.15) is 19.3 Å². The van der Waals surface area contributed by atoms with Gasteiger partial charge in [-0.15, -0.1) is 0 Å². The van der Waals surface area contributed by atoms with Gasteiger partial charge in [0.05, 0.1) is 25.4 Å². The van der Waals surface area contributed by atoms with E-state index in [-0.39, 0.29) is 24.6 Å². The maximum absolute atomic E-state index is 11.4. The number of rotatable bonds is 7. The second-order valence-corrected chi connectivity index (χ2v) is 5.82. The van der Waals surface area contributed by atoms with Crippen molar-refractivity contribution < 1.29 is 23.1 Å². The van der Waals surface area contributed by atoms with Gasteiger partial charge in [-0.2, -0.15) is 0 Å². The molecule has 0 radical (unpaired) electrons. The molecule has 94 valence electrons. The molecule has 0 aromatic heterocycles. The van der Waals surface area contributed by atoms with E-state index in [1.165, 1.54) is 7.11 Å². The van der Waals surface area contributed by atoms with Crippen molar-refractivity contribution in [3.63, 3.8) is 0 Å². The van der Waals surface area contributed by atoms with Gasteiger partial charge in [0, 0.05) is 6.54 Å². The predicted octanol–water partition coefficient (Wildman–Crippen LogP) is -0.760. The number of nitrogens with one attached hydrogen (secondary N) is 1. The minimum absolute atomic E-state index is 0.0220. The quantitative estimate of drug-likeness (QED) is 0.580. The Morgan fingerprint density at radius 1 is 1.56 bits per heavy atom. The summed E-state index contributed by atoms with van der Waals surface area (Å²) in [5.74, 6) is -0.645. The first-order chi connectivity index (χ1) is 7.44. The van der Waals surface area contributed by atoms with Crippen molar-refractivity contribution in [3.05, 3.63) is 0 Å². The number of hydrogen-bond donors (Lipinski definition) is 2. The second-order valence-electron chi connectivity index (χ2n) is 3.90. The third-order valence-corrected chi connectivity index (χ3v) is 3.83. The summed E-state index contributed by atoms with van der Waals surface area (Å²) in [4.78, 5) is 10.8. The summed E-state index contributed by atoms with van der Waals surface area (Å²) in [5, 5.41) is 9.46. The van der Waals surface area contributed by atoms with E-state index in [0.717, 1.165) is 12.8 Å². The van der Waals surface area contributed by atoms with Crippen LogP contribution in [0.5, 0.6) is 0 Å². The summed E-state index contributed by atoms with van der Waals surface area (Å²) < 4.78 is 29.3. The van der Waals surface area contributed by atoms with Crippen LogP contribution in [0.2, 0.25) is 0 Å². The maximum atomic E-state index is 11.4. The average molecular weight is 251 g/mol. The van der Waals surface area contributed by atoms with E-state index >= 15 is 0 Å². The lowest BCUT2D eigenvalue weighted by Crippen LogP contribution is -2.35. The third kappa shape index (κ3) is 4.91. The van der Waals surface area contributed by atoms with Crippen molar-refractivity contribution in [2.75, 3.05) is 19.4 Å². The van der Waals surface area contributed by atoms with Gasteiger partial charge in [-0.1, -0.05) is 0 Å². The van der Waals surface area contributed by atoms with Crippen LogP contribution in [-0.4, -0.2) is 45.0 Å². The third-order valence-electron chi connectivity index (χ3n) is 2.48. The van der Waals surface area contributed by atoms with Crippen LogP contribution >= 0.6 is 0 Å². The fraction of sp³-hybridized carbons (Fsp3) is 0.889. The van der Waals surface area contributed by atoms with Gasteiger partial charge in [0.15, 0.2) is 0 Å². The molecule has 6 nitrogen and oxygen atoms in total. The van der Waals surface area contributed by atoms with E-state index in [9.17, 15) is 18.3 Å². The molecule has 7 heteroatoms. The number of methoxy groups -OCH3 is 1. The van der Waals surface area contributed by atoms with Crippen molar-refractivity contribution in [2.24, 2.45) is 5.92 Å². The van der Waals surface area contributed by atoms with Gasteiger partial charge in [-0.05, 0) is 18.8 Å². The highest BCUT2D eigenvalue weighted by molar-refractivity contribution is 7.89. The van der Waals surface area contributed by atoms with Crippen molar-refractivity contribution in [1.29, 1.82) is 0 Å². The summed E-state index contributed by atoms with van der Waals surface area (Å²) in [7, 11) is -2.29. The van der Waals surface area contributed by atoms with Gasteiger partial charge in [-0.3, -0.25) is 4.79 Å². The van der Waals surface area contributed by atoms with Crippen LogP contribution < -0.4 is 4.72 Å². The van der Waals surface area contributed by atoms with Crippen LogP contribution in [0.15, 0.2) is 0 Å². The topological polar surface area (TPSA) is 92.7 Å². The zero-order chi connectivity index (χ0) is 12.2. The van der Waals surface area contributed by atoms with Gasteiger partial charge in [0.1, 0.15) is 0 Å². The molecular weight excluding hydrogens is 234 g/mol. The molecule has 0 amide bonds. The standard InChI is InChI=1S/C9H17NO5S/c1-15-9(12)4-5-16(13,14)10-6-8(11)7-2-3-7/h7-8,10-11H,2-6H2,1H3. The first-order valence-electron chi connectivity index (χ1n) is 5.17. The number of ether oxygens (including phenoxy) is 1. The van der Waals surface area contributed by atoms with E-state index < -0.39 is 22.1 Å². The minimum Gasteiger partial charge on any atom is -0.469 e. The number of aliphatic hydroxyl groups excluding tert-OH is 1. The summed E-state index contributed by atoms with van der Waals surface area (Å²) >= 11 is 0. The van der Waals surface area contributed by atoms with E-state index in [1.807, 2.05) is 0 Å². The SMILES string of the molecule is COC(=O)CCS(=O)(=O)NCC(O)C1CC1. The molecule has 16 heavy (non-hydrogen) atoms. The Bertz CT molecular complexity index is 336. The largest absolute Gasteiger partial charge is 0.469 e. The van der Waals surface area contributed by atoms with Crippen LogP contribution in [0.25, 0.3) is 0 Å². The number of hydrogen-bond acceptors (Lipinski definition) is 5. The molecule has 0 heterocycles. The maximum Gasteiger partial charge on any atom is 0.306 e. The van der Waals surface area contributed by atoms with Gasteiger partial charge in [-0.25, -0.2) is 13.1 Å². The van der Waals surface area contributed by atoms with E-state index in [2.05, 4.69) is 9.46 Å². The van der Waals surface area contributed by atoms with Gasteiger partial charge in [0.2, 0.25) is 10.0 Å². The molecule has 1 rings (SSSR count). The number of carbonyl (C=O) groups excluding carboxylic acids is 1. The Labute approximate surface area is 95.0 Å². The zero-order valence-corrected chi connectivity index (χ0v) is 10.00. The Hall–Kier alpha value is -0.660. The molecule has 0 aliphatic heterocycles. The summed E-state index contributed by atoms with van der Waals surface area (Å²) in [6, 6.07) is 0. The molecule has 1 atom stereocenters. The van der Waals surface area contributed by atoms with Crippen LogP contribution in [0, 0.1) is 5.92 Å². The highest BCUT2D eigenvalue weighted by atomic mass is 32.2. The lowest BCUT2D eigenvalue weighted by molar-refractivity contribution is -0.140. The average Bonchev–Trinajstić information content (AvgIpc) is 3.06. The number of esters is 1.